The molecule has 1 atom stereocenters. The fourth-order valence-corrected chi connectivity index (χ4v) is 3.36. The molecule has 0 radical (unpaired) electrons. The summed E-state index contributed by atoms with van der Waals surface area (Å²) in [6, 6.07) is 2.90. The van der Waals surface area contributed by atoms with Crippen LogP contribution in [0.5, 0.6) is 0 Å². The fourth-order valence-electron chi connectivity index (χ4n) is 3.36. The summed E-state index contributed by atoms with van der Waals surface area (Å²) in [5.41, 5.74) is 2.59. The third-order valence-electron chi connectivity index (χ3n) is 4.43. The molecule has 1 aliphatic rings. The van der Waals surface area contributed by atoms with E-state index in [2.05, 4.69) is 42.1 Å². The Labute approximate surface area is 117 Å². The lowest BCUT2D eigenvalue weighted by Gasteiger charge is -2.21. The Balaban J connectivity index is 1.96. The summed E-state index contributed by atoms with van der Waals surface area (Å²) in [4.78, 5) is 0. The summed E-state index contributed by atoms with van der Waals surface area (Å²) in [6.07, 6.45) is 9.24. The highest BCUT2D eigenvalue weighted by molar-refractivity contribution is 5.11. The Morgan fingerprint density at radius 3 is 2.68 bits per heavy atom. The molecule has 0 spiro atoms. The highest BCUT2D eigenvalue weighted by atomic mass is 15.3. The minimum atomic E-state index is 0.619. The van der Waals surface area contributed by atoms with E-state index < -0.39 is 0 Å². The molecular formula is C16H29N3. The molecular weight excluding hydrogens is 234 g/mol. The summed E-state index contributed by atoms with van der Waals surface area (Å²) in [5.74, 6) is 0.947. The topological polar surface area (TPSA) is 29.9 Å². The Morgan fingerprint density at radius 1 is 1.37 bits per heavy atom. The molecule has 0 amide bonds. The van der Waals surface area contributed by atoms with Crippen LogP contribution in [0.3, 0.4) is 0 Å². The molecule has 1 unspecified atom stereocenters. The maximum absolute atomic E-state index is 4.56. The molecule has 108 valence electrons. The minimum absolute atomic E-state index is 0.619. The molecule has 0 bridgehead atoms. The van der Waals surface area contributed by atoms with Gasteiger partial charge in [-0.15, -0.1) is 0 Å². The first-order valence-electron chi connectivity index (χ1n) is 7.98. The van der Waals surface area contributed by atoms with Crippen molar-refractivity contribution >= 4 is 0 Å². The van der Waals surface area contributed by atoms with E-state index in [-0.39, 0.29) is 0 Å². The SMILES string of the molecule is CCNC(Cc1cc(CC)nn1C)CC1CCCC1. The van der Waals surface area contributed by atoms with Gasteiger partial charge in [-0.05, 0) is 31.4 Å². The van der Waals surface area contributed by atoms with Crippen LogP contribution in [-0.2, 0) is 19.9 Å². The molecule has 1 saturated carbocycles. The molecule has 3 heteroatoms. The number of hydrogen-bond acceptors (Lipinski definition) is 2. The lowest BCUT2D eigenvalue weighted by Crippen LogP contribution is -2.33. The van der Waals surface area contributed by atoms with Crippen LogP contribution in [0.15, 0.2) is 6.07 Å². The number of nitrogens with zero attached hydrogens (tertiary/aromatic N) is 2. The zero-order chi connectivity index (χ0) is 13.7. The van der Waals surface area contributed by atoms with E-state index in [9.17, 15) is 0 Å². The zero-order valence-electron chi connectivity index (χ0n) is 12.8. The van der Waals surface area contributed by atoms with Crippen molar-refractivity contribution in [1.29, 1.82) is 0 Å². The van der Waals surface area contributed by atoms with Gasteiger partial charge >= 0.3 is 0 Å². The van der Waals surface area contributed by atoms with E-state index >= 15 is 0 Å². The van der Waals surface area contributed by atoms with Crippen molar-refractivity contribution in [2.24, 2.45) is 13.0 Å². The third-order valence-corrected chi connectivity index (χ3v) is 4.43. The van der Waals surface area contributed by atoms with Crippen molar-refractivity contribution in [3.05, 3.63) is 17.5 Å². The van der Waals surface area contributed by atoms with E-state index in [1.807, 2.05) is 0 Å². The molecule has 0 aromatic carbocycles. The molecule has 0 aliphatic heterocycles. The van der Waals surface area contributed by atoms with Crippen molar-refractivity contribution in [1.82, 2.24) is 15.1 Å². The van der Waals surface area contributed by atoms with E-state index in [1.54, 1.807) is 0 Å². The average Bonchev–Trinajstić information content (AvgIpc) is 3.00. The van der Waals surface area contributed by atoms with Gasteiger partial charge in [0, 0.05) is 25.2 Å². The molecule has 1 aromatic heterocycles. The molecule has 1 fully saturated rings. The highest BCUT2D eigenvalue weighted by Gasteiger charge is 2.20. The average molecular weight is 263 g/mol. The second-order valence-electron chi connectivity index (χ2n) is 5.95. The van der Waals surface area contributed by atoms with Crippen molar-refractivity contribution in [2.45, 2.75) is 64.8 Å². The quantitative estimate of drug-likeness (QED) is 0.819. The third kappa shape index (κ3) is 4.07. The van der Waals surface area contributed by atoms with Crippen LogP contribution in [0.4, 0.5) is 0 Å². The van der Waals surface area contributed by atoms with Crippen LogP contribution in [0, 0.1) is 5.92 Å². The lowest BCUT2D eigenvalue weighted by atomic mass is 9.95. The van der Waals surface area contributed by atoms with E-state index in [1.165, 1.54) is 43.5 Å². The van der Waals surface area contributed by atoms with Crippen molar-refractivity contribution < 1.29 is 0 Å². The molecule has 1 heterocycles. The van der Waals surface area contributed by atoms with Crippen LogP contribution in [-0.4, -0.2) is 22.4 Å². The molecule has 19 heavy (non-hydrogen) atoms. The van der Waals surface area contributed by atoms with Gasteiger partial charge in [0.15, 0.2) is 0 Å². The molecule has 1 aromatic rings. The fraction of sp³-hybridized carbons (Fsp3) is 0.812. The number of nitrogens with one attached hydrogen (secondary N) is 1. The number of aryl methyl sites for hydroxylation is 2. The monoisotopic (exact) mass is 263 g/mol. The van der Waals surface area contributed by atoms with Gasteiger partial charge in [0.1, 0.15) is 0 Å². The van der Waals surface area contributed by atoms with E-state index in [0.29, 0.717) is 6.04 Å². The molecule has 2 rings (SSSR count). The predicted molar refractivity (Wildman–Crippen MR) is 80.3 cm³/mol. The number of hydrogen-bond donors (Lipinski definition) is 1. The lowest BCUT2D eigenvalue weighted by molar-refractivity contribution is 0.385. The summed E-state index contributed by atoms with van der Waals surface area (Å²) in [5, 5.41) is 8.23. The largest absolute Gasteiger partial charge is 0.314 e. The Hall–Kier alpha value is -0.830. The van der Waals surface area contributed by atoms with Gasteiger partial charge in [-0.2, -0.15) is 5.10 Å². The second-order valence-corrected chi connectivity index (χ2v) is 5.95. The van der Waals surface area contributed by atoms with Crippen LogP contribution in [0.2, 0.25) is 0 Å². The van der Waals surface area contributed by atoms with Crippen LogP contribution in [0.25, 0.3) is 0 Å². The van der Waals surface area contributed by atoms with Gasteiger partial charge in [0.25, 0.3) is 0 Å². The van der Waals surface area contributed by atoms with E-state index in [4.69, 9.17) is 0 Å². The summed E-state index contributed by atoms with van der Waals surface area (Å²) in [6.45, 7) is 5.45. The second kappa shape index (κ2) is 7.09. The zero-order valence-corrected chi connectivity index (χ0v) is 12.8. The van der Waals surface area contributed by atoms with Gasteiger partial charge in [-0.3, -0.25) is 4.68 Å². The Kier molecular flexibility index (Phi) is 5.44. The van der Waals surface area contributed by atoms with Crippen molar-refractivity contribution in [3.63, 3.8) is 0 Å². The van der Waals surface area contributed by atoms with Crippen LogP contribution < -0.4 is 5.32 Å². The Morgan fingerprint density at radius 2 is 2.11 bits per heavy atom. The number of rotatable bonds is 7. The van der Waals surface area contributed by atoms with Gasteiger partial charge < -0.3 is 5.32 Å². The first-order valence-corrected chi connectivity index (χ1v) is 7.98. The minimum Gasteiger partial charge on any atom is -0.314 e. The smallest absolute Gasteiger partial charge is 0.0624 e. The number of aromatic nitrogens is 2. The van der Waals surface area contributed by atoms with Gasteiger partial charge in [-0.1, -0.05) is 39.5 Å². The maximum atomic E-state index is 4.56. The molecule has 3 nitrogen and oxygen atoms in total. The van der Waals surface area contributed by atoms with Crippen LogP contribution >= 0.6 is 0 Å². The van der Waals surface area contributed by atoms with Crippen LogP contribution in [0.1, 0.15) is 57.3 Å². The van der Waals surface area contributed by atoms with Crippen molar-refractivity contribution in [2.75, 3.05) is 6.54 Å². The predicted octanol–water partition coefficient (Wildman–Crippen LogP) is 3.08. The molecule has 0 saturated heterocycles. The summed E-state index contributed by atoms with van der Waals surface area (Å²) >= 11 is 0. The summed E-state index contributed by atoms with van der Waals surface area (Å²) < 4.78 is 2.07. The number of likely N-dealkylation sites (N-methyl/N-ethyl adjacent to an activating group) is 1. The van der Waals surface area contributed by atoms with E-state index in [0.717, 1.165) is 25.3 Å². The first kappa shape index (κ1) is 14.6. The normalized spacial score (nSPS) is 18.1. The Bertz CT molecular complexity index is 377. The maximum Gasteiger partial charge on any atom is 0.0624 e. The molecule has 1 aliphatic carbocycles. The summed E-state index contributed by atoms with van der Waals surface area (Å²) in [7, 11) is 2.08. The highest BCUT2D eigenvalue weighted by Crippen LogP contribution is 2.29. The van der Waals surface area contributed by atoms with Gasteiger partial charge in [0.2, 0.25) is 0 Å². The standard InChI is InChI=1S/C16H29N3/c1-4-14-11-16(19(3)18-14)12-15(17-5-2)10-13-8-6-7-9-13/h11,13,15,17H,4-10,12H2,1-3H3. The van der Waals surface area contributed by atoms with Gasteiger partial charge in [-0.25, -0.2) is 0 Å². The van der Waals surface area contributed by atoms with Crippen molar-refractivity contribution in [3.8, 4) is 0 Å². The van der Waals surface area contributed by atoms with Gasteiger partial charge in [0.05, 0.1) is 5.69 Å². The first-order chi connectivity index (χ1) is 9.22. The molecule has 1 N–H and O–H groups in total.